The zero-order valence-electron chi connectivity index (χ0n) is 10.8. The molecule has 3 rings (SSSR count). The number of aryl methyl sites for hydroxylation is 1. The number of nitro groups is 1. The highest BCUT2D eigenvalue weighted by Crippen LogP contribution is 2.29. The van der Waals surface area contributed by atoms with Gasteiger partial charge in [0.2, 0.25) is 11.8 Å². The molecule has 2 N–H and O–H groups in total. The van der Waals surface area contributed by atoms with Gasteiger partial charge in [-0.05, 0) is 12.8 Å². The molecule has 2 aromatic rings. The summed E-state index contributed by atoms with van der Waals surface area (Å²) in [5, 5.41) is 21.0. The van der Waals surface area contributed by atoms with Crippen LogP contribution in [0.2, 0.25) is 0 Å². The molecule has 9 nitrogen and oxygen atoms in total. The molecule has 1 aliphatic rings. The Kier molecular flexibility index (Phi) is 2.93. The Morgan fingerprint density at radius 3 is 2.85 bits per heavy atom. The Morgan fingerprint density at radius 2 is 2.25 bits per heavy atom. The van der Waals surface area contributed by atoms with Gasteiger partial charge < -0.3 is 10.6 Å². The molecule has 1 saturated carbocycles. The van der Waals surface area contributed by atoms with E-state index < -0.39 is 4.92 Å². The maximum atomic E-state index is 10.9. The second kappa shape index (κ2) is 4.76. The molecule has 0 unspecified atom stereocenters. The van der Waals surface area contributed by atoms with Crippen LogP contribution in [0.15, 0.2) is 18.6 Å². The third kappa shape index (κ3) is 2.66. The fourth-order valence-electron chi connectivity index (χ4n) is 1.71. The maximum absolute atomic E-state index is 10.9. The highest BCUT2D eigenvalue weighted by atomic mass is 16.6. The highest BCUT2D eigenvalue weighted by molar-refractivity contribution is 5.60. The van der Waals surface area contributed by atoms with Gasteiger partial charge >= 0.3 is 5.69 Å². The lowest BCUT2D eigenvalue weighted by Crippen LogP contribution is -2.08. The van der Waals surface area contributed by atoms with Crippen molar-refractivity contribution < 1.29 is 4.92 Å². The quantitative estimate of drug-likeness (QED) is 0.627. The highest BCUT2D eigenvalue weighted by Gasteiger charge is 2.26. The SMILES string of the molecule is Cn1cc(Nc2ncc([N+](=O)[O-])c(NC3CC3)n2)cn1. The number of nitrogens with one attached hydrogen (secondary N) is 2. The Bertz CT molecular complexity index is 650. The van der Waals surface area contributed by atoms with Gasteiger partial charge in [-0.15, -0.1) is 0 Å². The largest absolute Gasteiger partial charge is 0.361 e. The molecule has 0 atom stereocenters. The lowest BCUT2D eigenvalue weighted by atomic mass is 10.4. The van der Waals surface area contributed by atoms with Crippen LogP contribution in [0.5, 0.6) is 0 Å². The van der Waals surface area contributed by atoms with Crippen LogP contribution < -0.4 is 10.6 Å². The normalized spacial score (nSPS) is 14.1. The van der Waals surface area contributed by atoms with Crippen molar-refractivity contribution in [3.05, 3.63) is 28.7 Å². The summed E-state index contributed by atoms with van der Waals surface area (Å²) in [5.41, 5.74) is 0.604. The van der Waals surface area contributed by atoms with E-state index in [4.69, 9.17) is 0 Å². The molecule has 2 heterocycles. The van der Waals surface area contributed by atoms with Gasteiger partial charge in [0, 0.05) is 19.3 Å². The van der Waals surface area contributed by atoms with Crippen molar-refractivity contribution in [2.45, 2.75) is 18.9 Å². The summed E-state index contributed by atoms with van der Waals surface area (Å²) in [4.78, 5) is 18.6. The van der Waals surface area contributed by atoms with E-state index >= 15 is 0 Å². The third-order valence-corrected chi connectivity index (χ3v) is 2.85. The number of rotatable bonds is 5. The maximum Gasteiger partial charge on any atom is 0.329 e. The van der Waals surface area contributed by atoms with Crippen LogP contribution in [0.4, 0.5) is 23.1 Å². The van der Waals surface area contributed by atoms with E-state index in [0.717, 1.165) is 18.5 Å². The summed E-state index contributed by atoms with van der Waals surface area (Å²) in [6.07, 6.45) is 6.60. The monoisotopic (exact) mass is 275 g/mol. The number of nitrogens with zero attached hydrogens (tertiary/aromatic N) is 5. The molecule has 104 valence electrons. The van der Waals surface area contributed by atoms with Crippen molar-refractivity contribution in [3.8, 4) is 0 Å². The summed E-state index contributed by atoms with van der Waals surface area (Å²) in [7, 11) is 1.79. The van der Waals surface area contributed by atoms with E-state index in [1.54, 1.807) is 24.1 Å². The van der Waals surface area contributed by atoms with E-state index in [9.17, 15) is 10.1 Å². The third-order valence-electron chi connectivity index (χ3n) is 2.85. The van der Waals surface area contributed by atoms with Crippen LogP contribution in [0.25, 0.3) is 0 Å². The lowest BCUT2D eigenvalue weighted by molar-refractivity contribution is -0.384. The number of anilines is 3. The average Bonchev–Trinajstić information content (AvgIpc) is 3.11. The van der Waals surface area contributed by atoms with Gasteiger partial charge in [0.15, 0.2) is 0 Å². The Labute approximate surface area is 114 Å². The second-order valence-electron chi connectivity index (χ2n) is 4.63. The zero-order valence-corrected chi connectivity index (χ0v) is 10.8. The smallest absolute Gasteiger partial charge is 0.329 e. The summed E-state index contributed by atoms with van der Waals surface area (Å²) in [6.45, 7) is 0. The first-order chi connectivity index (χ1) is 9.61. The molecule has 0 amide bonds. The van der Waals surface area contributed by atoms with Gasteiger partial charge in [0.05, 0.1) is 16.8 Å². The van der Waals surface area contributed by atoms with Crippen molar-refractivity contribution in [2.75, 3.05) is 10.6 Å². The van der Waals surface area contributed by atoms with Gasteiger partial charge in [-0.3, -0.25) is 14.8 Å². The van der Waals surface area contributed by atoms with Crippen LogP contribution in [-0.2, 0) is 7.05 Å². The molecular weight excluding hydrogens is 262 g/mol. The van der Waals surface area contributed by atoms with Crippen molar-refractivity contribution in [1.82, 2.24) is 19.7 Å². The molecule has 0 bridgehead atoms. The summed E-state index contributed by atoms with van der Waals surface area (Å²) >= 11 is 0. The molecule has 0 radical (unpaired) electrons. The van der Waals surface area contributed by atoms with E-state index in [1.165, 1.54) is 6.20 Å². The van der Waals surface area contributed by atoms with Gasteiger partial charge in [0.1, 0.15) is 6.20 Å². The van der Waals surface area contributed by atoms with Crippen molar-refractivity contribution in [2.24, 2.45) is 7.05 Å². The number of aromatic nitrogens is 4. The first-order valence-corrected chi connectivity index (χ1v) is 6.15. The standard InChI is InChI=1S/C11H13N7O2/c1-17-6-8(4-13-17)15-11-12-5-9(18(19)20)10(16-11)14-7-2-3-7/h4-7H,2-3H2,1H3,(H2,12,14,15,16). The van der Waals surface area contributed by atoms with Gasteiger partial charge in [-0.1, -0.05) is 0 Å². The molecule has 0 aromatic carbocycles. The zero-order chi connectivity index (χ0) is 14.1. The molecule has 9 heteroatoms. The van der Waals surface area contributed by atoms with Crippen molar-refractivity contribution in [1.29, 1.82) is 0 Å². The van der Waals surface area contributed by atoms with Crippen LogP contribution >= 0.6 is 0 Å². The van der Waals surface area contributed by atoms with E-state index in [0.29, 0.717) is 5.95 Å². The summed E-state index contributed by atoms with van der Waals surface area (Å²) < 4.78 is 1.64. The molecule has 20 heavy (non-hydrogen) atoms. The van der Waals surface area contributed by atoms with Gasteiger partial charge in [0.25, 0.3) is 0 Å². The van der Waals surface area contributed by atoms with Crippen molar-refractivity contribution >= 4 is 23.1 Å². The second-order valence-corrected chi connectivity index (χ2v) is 4.63. The summed E-state index contributed by atoms with van der Waals surface area (Å²) in [6, 6.07) is 0.273. The predicted octanol–water partition coefficient (Wildman–Crippen LogP) is 1.44. The van der Waals surface area contributed by atoms with E-state index in [1.807, 2.05) is 0 Å². The van der Waals surface area contributed by atoms with Crippen LogP contribution in [0.3, 0.4) is 0 Å². The molecule has 1 aliphatic carbocycles. The predicted molar refractivity (Wildman–Crippen MR) is 71.8 cm³/mol. The molecule has 0 saturated heterocycles. The topological polar surface area (TPSA) is 111 Å². The minimum Gasteiger partial charge on any atom is -0.361 e. The van der Waals surface area contributed by atoms with Gasteiger partial charge in [-0.25, -0.2) is 4.98 Å². The number of hydrogen-bond donors (Lipinski definition) is 2. The van der Waals surface area contributed by atoms with Crippen LogP contribution in [-0.4, -0.2) is 30.7 Å². The molecular formula is C11H13N7O2. The summed E-state index contributed by atoms with van der Waals surface area (Å²) in [5.74, 6) is 0.547. The van der Waals surface area contributed by atoms with E-state index in [-0.39, 0.29) is 17.5 Å². The Morgan fingerprint density at radius 1 is 1.45 bits per heavy atom. The van der Waals surface area contributed by atoms with Crippen LogP contribution in [0.1, 0.15) is 12.8 Å². The molecule has 2 aromatic heterocycles. The fraction of sp³-hybridized carbons (Fsp3) is 0.364. The van der Waals surface area contributed by atoms with Crippen LogP contribution in [0, 0.1) is 10.1 Å². The molecule has 1 fully saturated rings. The number of hydrogen-bond acceptors (Lipinski definition) is 7. The average molecular weight is 275 g/mol. The van der Waals surface area contributed by atoms with Gasteiger partial charge in [-0.2, -0.15) is 10.1 Å². The minimum atomic E-state index is -0.488. The molecule has 0 aliphatic heterocycles. The lowest BCUT2D eigenvalue weighted by Gasteiger charge is -2.06. The van der Waals surface area contributed by atoms with Crippen molar-refractivity contribution in [3.63, 3.8) is 0 Å². The van der Waals surface area contributed by atoms with E-state index in [2.05, 4.69) is 25.7 Å². The minimum absolute atomic E-state index is 0.117. The Hall–Kier alpha value is -2.71. The fourth-order valence-corrected chi connectivity index (χ4v) is 1.71. The molecule has 0 spiro atoms. The first kappa shape index (κ1) is 12.3. The Balaban J connectivity index is 1.85. The first-order valence-electron chi connectivity index (χ1n) is 6.15.